The standard InChI is InChI=1S/C48H30N6/c49-31-32-15-17-37(18-16-32)44-45(51-43-14-8-7-13-42(43)50-44)38-27-23-35(24-28-38)33-19-21-34(22-20-33)36-25-29-41(30-26-36)48-53-46(39-9-3-1-4-10-39)52-47(54-48)40-11-5-2-6-12-40/h1-30H. The Morgan fingerprint density at radius 1 is 0.278 bits per heavy atom. The molecule has 2 aromatic heterocycles. The van der Waals surface area contributed by atoms with Crippen molar-refractivity contribution in [1.82, 2.24) is 24.9 Å². The van der Waals surface area contributed by atoms with Gasteiger partial charge in [0.05, 0.1) is 34.1 Å². The van der Waals surface area contributed by atoms with E-state index >= 15 is 0 Å². The number of benzene rings is 7. The van der Waals surface area contributed by atoms with Crippen molar-refractivity contribution < 1.29 is 0 Å². The molecule has 54 heavy (non-hydrogen) atoms. The van der Waals surface area contributed by atoms with Crippen LogP contribution in [0.1, 0.15) is 5.56 Å². The molecule has 0 unspecified atom stereocenters. The van der Waals surface area contributed by atoms with E-state index in [9.17, 15) is 5.26 Å². The average molecular weight is 691 g/mol. The van der Waals surface area contributed by atoms with E-state index in [-0.39, 0.29) is 0 Å². The zero-order valence-electron chi connectivity index (χ0n) is 29.0. The molecule has 0 atom stereocenters. The van der Waals surface area contributed by atoms with Crippen LogP contribution in [0.15, 0.2) is 182 Å². The Labute approximate surface area is 312 Å². The first kappa shape index (κ1) is 32.3. The second kappa shape index (κ2) is 14.2. The Bertz CT molecular complexity index is 2720. The monoisotopic (exact) mass is 690 g/mol. The quantitative estimate of drug-likeness (QED) is 0.165. The number of nitrogens with zero attached hydrogens (tertiary/aromatic N) is 6. The van der Waals surface area contributed by atoms with E-state index < -0.39 is 0 Å². The van der Waals surface area contributed by atoms with Gasteiger partial charge in [0.1, 0.15) is 0 Å². The molecule has 0 aliphatic carbocycles. The SMILES string of the molecule is N#Cc1ccc(-c2nc3ccccc3nc2-c2ccc(-c3ccc(-c4ccc(-c5nc(-c6ccccc6)nc(-c6ccccc6)n5)cc4)cc3)cc2)cc1. The van der Waals surface area contributed by atoms with Crippen molar-refractivity contribution in [2.24, 2.45) is 0 Å². The van der Waals surface area contributed by atoms with Crippen molar-refractivity contribution in [2.75, 3.05) is 0 Å². The summed E-state index contributed by atoms with van der Waals surface area (Å²) in [5.74, 6) is 1.92. The first-order valence-corrected chi connectivity index (χ1v) is 17.6. The van der Waals surface area contributed by atoms with Gasteiger partial charge in [-0.2, -0.15) is 5.26 Å². The summed E-state index contributed by atoms with van der Waals surface area (Å²) in [6, 6.07) is 63.0. The van der Waals surface area contributed by atoms with Gasteiger partial charge in [-0.3, -0.25) is 0 Å². The van der Waals surface area contributed by atoms with Crippen LogP contribution in [0, 0.1) is 11.3 Å². The van der Waals surface area contributed by atoms with Crippen LogP contribution in [0.2, 0.25) is 0 Å². The van der Waals surface area contributed by atoms with E-state index in [1.165, 1.54) is 0 Å². The highest BCUT2D eigenvalue weighted by atomic mass is 15.0. The van der Waals surface area contributed by atoms with Gasteiger partial charge in [0.25, 0.3) is 0 Å². The molecule has 0 fully saturated rings. The van der Waals surface area contributed by atoms with Crippen LogP contribution in [0.25, 0.3) is 90.0 Å². The summed E-state index contributed by atoms with van der Waals surface area (Å²) in [7, 11) is 0. The number of para-hydroxylation sites is 2. The molecule has 0 aliphatic heterocycles. The lowest BCUT2D eigenvalue weighted by Gasteiger charge is -2.12. The van der Waals surface area contributed by atoms with Crippen LogP contribution >= 0.6 is 0 Å². The van der Waals surface area contributed by atoms with Crippen LogP contribution in [0.4, 0.5) is 0 Å². The number of aromatic nitrogens is 5. The lowest BCUT2D eigenvalue weighted by Crippen LogP contribution is -2.00. The zero-order chi connectivity index (χ0) is 36.3. The Morgan fingerprint density at radius 2 is 0.574 bits per heavy atom. The maximum absolute atomic E-state index is 9.31. The van der Waals surface area contributed by atoms with E-state index in [0.29, 0.717) is 23.0 Å². The number of hydrogen-bond donors (Lipinski definition) is 0. The van der Waals surface area contributed by atoms with Crippen molar-refractivity contribution in [3.63, 3.8) is 0 Å². The fraction of sp³-hybridized carbons (Fsp3) is 0. The number of nitriles is 1. The predicted octanol–water partition coefficient (Wildman–Crippen LogP) is 11.4. The molecule has 0 radical (unpaired) electrons. The van der Waals surface area contributed by atoms with Crippen LogP contribution in [-0.2, 0) is 0 Å². The molecule has 9 aromatic rings. The third-order valence-corrected chi connectivity index (χ3v) is 9.41. The molecule has 2 heterocycles. The van der Waals surface area contributed by atoms with E-state index in [0.717, 1.165) is 72.5 Å². The van der Waals surface area contributed by atoms with Gasteiger partial charge in [-0.05, 0) is 46.5 Å². The minimum Gasteiger partial charge on any atom is -0.244 e. The first-order valence-electron chi connectivity index (χ1n) is 17.6. The van der Waals surface area contributed by atoms with Gasteiger partial charge >= 0.3 is 0 Å². The molecular formula is C48H30N6. The molecule has 0 spiro atoms. The van der Waals surface area contributed by atoms with Gasteiger partial charge in [-0.1, -0.05) is 158 Å². The van der Waals surface area contributed by atoms with Crippen LogP contribution < -0.4 is 0 Å². The molecule has 252 valence electrons. The summed E-state index contributed by atoms with van der Waals surface area (Å²) < 4.78 is 0. The largest absolute Gasteiger partial charge is 0.244 e. The number of rotatable bonds is 7. The Hall–Kier alpha value is -7.62. The molecule has 0 N–H and O–H groups in total. The van der Waals surface area contributed by atoms with Crippen molar-refractivity contribution >= 4 is 11.0 Å². The van der Waals surface area contributed by atoms with Gasteiger partial charge in [0.15, 0.2) is 17.5 Å². The topological polar surface area (TPSA) is 88.2 Å². The Balaban J connectivity index is 0.982. The van der Waals surface area contributed by atoms with Crippen LogP contribution in [0.3, 0.4) is 0 Å². The van der Waals surface area contributed by atoms with Crippen molar-refractivity contribution in [3.8, 4) is 85.0 Å². The third kappa shape index (κ3) is 6.50. The van der Waals surface area contributed by atoms with E-state index in [2.05, 4.69) is 78.9 Å². The number of fused-ring (bicyclic) bond motifs is 1. The van der Waals surface area contributed by atoms with Gasteiger partial charge in [0.2, 0.25) is 0 Å². The third-order valence-electron chi connectivity index (χ3n) is 9.41. The minimum absolute atomic E-state index is 0.608. The Morgan fingerprint density at radius 3 is 0.944 bits per heavy atom. The van der Waals surface area contributed by atoms with Crippen molar-refractivity contribution in [3.05, 3.63) is 188 Å². The second-order valence-corrected chi connectivity index (χ2v) is 12.9. The molecule has 0 saturated carbocycles. The summed E-state index contributed by atoms with van der Waals surface area (Å²) >= 11 is 0. The summed E-state index contributed by atoms with van der Waals surface area (Å²) in [4.78, 5) is 24.6. The fourth-order valence-electron chi connectivity index (χ4n) is 6.53. The highest BCUT2D eigenvalue weighted by Gasteiger charge is 2.15. The second-order valence-electron chi connectivity index (χ2n) is 12.9. The zero-order valence-corrected chi connectivity index (χ0v) is 29.0. The molecule has 0 saturated heterocycles. The normalized spacial score (nSPS) is 10.9. The van der Waals surface area contributed by atoms with Crippen LogP contribution in [-0.4, -0.2) is 24.9 Å². The summed E-state index contributed by atoms with van der Waals surface area (Å²) in [6.45, 7) is 0. The molecule has 0 aliphatic rings. The predicted molar refractivity (Wildman–Crippen MR) is 216 cm³/mol. The van der Waals surface area contributed by atoms with Crippen molar-refractivity contribution in [1.29, 1.82) is 5.26 Å². The lowest BCUT2D eigenvalue weighted by atomic mass is 9.97. The smallest absolute Gasteiger partial charge is 0.164 e. The van der Waals surface area contributed by atoms with Gasteiger partial charge in [0, 0.05) is 27.8 Å². The van der Waals surface area contributed by atoms with Crippen molar-refractivity contribution in [2.45, 2.75) is 0 Å². The molecule has 0 bridgehead atoms. The Kier molecular flexibility index (Phi) is 8.48. The van der Waals surface area contributed by atoms with Gasteiger partial charge < -0.3 is 0 Å². The summed E-state index contributed by atoms with van der Waals surface area (Å²) in [5.41, 5.74) is 13.0. The summed E-state index contributed by atoms with van der Waals surface area (Å²) in [5, 5.41) is 9.31. The number of hydrogen-bond acceptors (Lipinski definition) is 6. The average Bonchev–Trinajstić information content (AvgIpc) is 3.26. The maximum Gasteiger partial charge on any atom is 0.164 e. The van der Waals surface area contributed by atoms with Crippen LogP contribution in [0.5, 0.6) is 0 Å². The van der Waals surface area contributed by atoms with E-state index in [1.807, 2.05) is 109 Å². The molecule has 0 amide bonds. The summed E-state index contributed by atoms with van der Waals surface area (Å²) in [6.07, 6.45) is 0. The van der Waals surface area contributed by atoms with Gasteiger partial charge in [-0.25, -0.2) is 24.9 Å². The molecule has 6 nitrogen and oxygen atoms in total. The highest BCUT2D eigenvalue weighted by molar-refractivity contribution is 5.87. The molecule has 7 aromatic carbocycles. The molecule has 6 heteroatoms. The molecule has 9 rings (SSSR count). The fourth-order valence-corrected chi connectivity index (χ4v) is 6.53. The molecular weight excluding hydrogens is 661 g/mol. The first-order chi connectivity index (χ1) is 26.7. The van der Waals surface area contributed by atoms with E-state index in [1.54, 1.807) is 0 Å². The van der Waals surface area contributed by atoms with Gasteiger partial charge in [-0.15, -0.1) is 0 Å². The highest BCUT2D eigenvalue weighted by Crippen LogP contribution is 2.34. The lowest BCUT2D eigenvalue weighted by molar-refractivity contribution is 1.07. The minimum atomic E-state index is 0.608. The van der Waals surface area contributed by atoms with E-state index in [4.69, 9.17) is 24.9 Å². The maximum atomic E-state index is 9.31.